The van der Waals surface area contributed by atoms with Crippen molar-refractivity contribution in [2.45, 2.75) is 19.4 Å². The molecule has 0 aromatic rings. The molecule has 6 heteroatoms. The zero-order chi connectivity index (χ0) is 9.57. The first-order chi connectivity index (χ1) is 5.32. The van der Waals surface area contributed by atoms with Gasteiger partial charge in [-0.15, -0.1) is 0 Å². The van der Waals surface area contributed by atoms with E-state index in [0.717, 1.165) is 0 Å². The predicted molar refractivity (Wildman–Crippen MR) is 44.9 cm³/mol. The Labute approximate surface area is 71.7 Å². The first-order valence-electron chi connectivity index (χ1n) is 3.50. The summed E-state index contributed by atoms with van der Waals surface area (Å²) in [7, 11) is -1.77. The SMILES string of the molecule is CN1C(C)(C)C(=NO)CS1(=O)=O. The lowest BCUT2D eigenvalue weighted by Gasteiger charge is -2.24. The predicted octanol–water partition coefficient (Wildman–Crippen LogP) is -0.130. The number of hydrogen-bond donors (Lipinski definition) is 1. The smallest absolute Gasteiger partial charge is 0.220 e. The molecule has 0 aromatic carbocycles. The van der Waals surface area contributed by atoms with Crippen molar-refractivity contribution in [2.75, 3.05) is 12.8 Å². The number of hydrogen-bond acceptors (Lipinski definition) is 4. The lowest BCUT2D eigenvalue weighted by Crippen LogP contribution is -2.41. The number of rotatable bonds is 0. The van der Waals surface area contributed by atoms with Crippen molar-refractivity contribution in [3.8, 4) is 0 Å². The Hall–Kier alpha value is -0.620. The monoisotopic (exact) mass is 192 g/mol. The van der Waals surface area contributed by atoms with E-state index in [1.807, 2.05) is 0 Å². The minimum Gasteiger partial charge on any atom is -0.411 e. The zero-order valence-corrected chi connectivity index (χ0v) is 8.09. The first kappa shape index (κ1) is 9.47. The molecule has 0 radical (unpaired) electrons. The maximum absolute atomic E-state index is 11.3. The van der Waals surface area contributed by atoms with E-state index in [-0.39, 0.29) is 11.5 Å². The molecule has 0 spiro atoms. The van der Waals surface area contributed by atoms with E-state index < -0.39 is 15.6 Å². The first-order valence-corrected chi connectivity index (χ1v) is 5.11. The Morgan fingerprint density at radius 2 is 2.08 bits per heavy atom. The highest BCUT2D eigenvalue weighted by Crippen LogP contribution is 2.26. The summed E-state index contributed by atoms with van der Waals surface area (Å²) in [5, 5.41) is 11.5. The van der Waals surface area contributed by atoms with Crippen LogP contribution in [0.15, 0.2) is 5.16 Å². The second kappa shape index (κ2) is 2.43. The summed E-state index contributed by atoms with van der Waals surface area (Å²) in [6.07, 6.45) is 0. The molecule has 1 saturated heterocycles. The van der Waals surface area contributed by atoms with Crippen molar-refractivity contribution in [3.05, 3.63) is 0 Å². The van der Waals surface area contributed by atoms with Gasteiger partial charge in [-0.3, -0.25) is 0 Å². The third-order valence-corrected chi connectivity index (χ3v) is 4.28. The Kier molecular flexibility index (Phi) is 1.92. The van der Waals surface area contributed by atoms with E-state index in [1.54, 1.807) is 13.8 Å². The summed E-state index contributed by atoms with van der Waals surface area (Å²) < 4.78 is 23.8. The van der Waals surface area contributed by atoms with Crippen LogP contribution in [0.2, 0.25) is 0 Å². The molecule has 1 N–H and O–H groups in total. The highest BCUT2D eigenvalue weighted by Gasteiger charge is 2.46. The van der Waals surface area contributed by atoms with Gasteiger partial charge in [-0.05, 0) is 13.8 Å². The molecule has 1 rings (SSSR count). The van der Waals surface area contributed by atoms with Crippen LogP contribution in [0, 0.1) is 0 Å². The van der Waals surface area contributed by atoms with E-state index in [0.29, 0.717) is 0 Å². The maximum atomic E-state index is 11.3. The molecule has 0 bridgehead atoms. The molecule has 70 valence electrons. The fourth-order valence-electron chi connectivity index (χ4n) is 1.13. The summed E-state index contributed by atoms with van der Waals surface area (Å²) >= 11 is 0. The average molecular weight is 192 g/mol. The van der Waals surface area contributed by atoms with Crippen molar-refractivity contribution in [2.24, 2.45) is 5.16 Å². The van der Waals surface area contributed by atoms with E-state index in [1.165, 1.54) is 11.4 Å². The van der Waals surface area contributed by atoms with Gasteiger partial charge in [0, 0.05) is 7.05 Å². The van der Waals surface area contributed by atoms with Crippen molar-refractivity contribution >= 4 is 15.7 Å². The van der Waals surface area contributed by atoms with Gasteiger partial charge in [0.15, 0.2) is 0 Å². The molecule has 12 heavy (non-hydrogen) atoms. The lowest BCUT2D eigenvalue weighted by atomic mass is 10.0. The summed E-state index contributed by atoms with van der Waals surface area (Å²) in [4.78, 5) is 0. The summed E-state index contributed by atoms with van der Waals surface area (Å²) in [6.45, 7) is 3.40. The normalized spacial score (nSPS) is 31.1. The molecule has 1 heterocycles. The lowest BCUT2D eigenvalue weighted by molar-refractivity contribution is 0.302. The molecule has 5 nitrogen and oxygen atoms in total. The van der Waals surface area contributed by atoms with E-state index in [2.05, 4.69) is 5.16 Å². The second-order valence-electron chi connectivity index (χ2n) is 3.33. The topological polar surface area (TPSA) is 70.0 Å². The van der Waals surface area contributed by atoms with Gasteiger partial charge in [0.2, 0.25) is 10.0 Å². The summed E-state index contributed by atoms with van der Waals surface area (Å²) in [5.41, 5.74) is -0.418. The van der Waals surface area contributed by atoms with Crippen molar-refractivity contribution in [3.63, 3.8) is 0 Å². The molecule has 0 aromatic heterocycles. The Bertz CT molecular complexity index is 318. The molecule has 1 aliphatic rings. The van der Waals surface area contributed by atoms with Gasteiger partial charge in [-0.25, -0.2) is 8.42 Å². The summed E-state index contributed by atoms with van der Waals surface area (Å²) in [6, 6.07) is 0. The number of nitrogens with zero attached hydrogens (tertiary/aromatic N) is 2. The molecule has 0 atom stereocenters. The standard InChI is InChI=1S/C6H12N2O3S/c1-6(2)5(7-9)4-12(10,11)8(6)3/h9H,4H2,1-3H3. The second-order valence-corrected chi connectivity index (χ2v) is 5.33. The van der Waals surface area contributed by atoms with Crippen molar-refractivity contribution in [1.82, 2.24) is 4.31 Å². The summed E-state index contributed by atoms with van der Waals surface area (Å²) in [5.74, 6) is -0.188. The minimum atomic E-state index is -3.25. The number of oxime groups is 1. The van der Waals surface area contributed by atoms with Crippen molar-refractivity contribution in [1.29, 1.82) is 0 Å². The highest BCUT2D eigenvalue weighted by atomic mass is 32.2. The van der Waals surface area contributed by atoms with Crippen LogP contribution in [0.25, 0.3) is 0 Å². The third-order valence-electron chi connectivity index (χ3n) is 2.35. The molecular weight excluding hydrogens is 180 g/mol. The average Bonchev–Trinajstić information content (AvgIpc) is 2.11. The van der Waals surface area contributed by atoms with E-state index in [4.69, 9.17) is 5.21 Å². The molecule has 1 aliphatic heterocycles. The van der Waals surface area contributed by atoms with Crippen LogP contribution in [0.5, 0.6) is 0 Å². The van der Waals surface area contributed by atoms with Crippen molar-refractivity contribution < 1.29 is 13.6 Å². The quantitative estimate of drug-likeness (QED) is 0.429. The third kappa shape index (κ3) is 1.11. The van der Waals surface area contributed by atoms with Gasteiger partial charge in [-0.1, -0.05) is 5.16 Å². The molecule has 0 amide bonds. The fraction of sp³-hybridized carbons (Fsp3) is 0.833. The van der Waals surface area contributed by atoms with Gasteiger partial charge >= 0.3 is 0 Å². The van der Waals surface area contributed by atoms with Crippen LogP contribution in [0.1, 0.15) is 13.8 Å². The van der Waals surface area contributed by atoms with Gasteiger partial charge in [0.05, 0.1) is 11.3 Å². The van der Waals surface area contributed by atoms with Crippen LogP contribution in [-0.4, -0.2) is 42.0 Å². The molecule has 1 fully saturated rings. The fourth-order valence-corrected chi connectivity index (χ4v) is 2.88. The van der Waals surface area contributed by atoms with E-state index >= 15 is 0 Å². The Morgan fingerprint density at radius 1 is 1.58 bits per heavy atom. The molecule has 0 unspecified atom stereocenters. The van der Waals surface area contributed by atoms with Gasteiger partial charge in [0.25, 0.3) is 0 Å². The van der Waals surface area contributed by atoms with Crippen LogP contribution in [-0.2, 0) is 10.0 Å². The minimum absolute atomic E-state index is 0.188. The van der Waals surface area contributed by atoms with Crippen LogP contribution < -0.4 is 0 Å². The Morgan fingerprint density at radius 3 is 2.25 bits per heavy atom. The van der Waals surface area contributed by atoms with Crippen LogP contribution in [0.3, 0.4) is 0 Å². The van der Waals surface area contributed by atoms with Gasteiger partial charge in [-0.2, -0.15) is 4.31 Å². The highest BCUT2D eigenvalue weighted by molar-refractivity contribution is 7.90. The van der Waals surface area contributed by atoms with Crippen LogP contribution >= 0.6 is 0 Å². The van der Waals surface area contributed by atoms with Gasteiger partial charge < -0.3 is 5.21 Å². The van der Waals surface area contributed by atoms with Gasteiger partial charge in [0.1, 0.15) is 5.75 Å². The zero-order valence-electron chi connectivity index (χ0n) is 7.27. The number of sulfonamides is 1. The van der Waals surface area contributed by atoms with E-state index in [9.17, 15) is 8.42 Å². The largest absolute Gasteiger partial charge is 0.411 e. The molecular formula is C6H12N2O3S. The maximum Gasteiger partial charge on any atom is 0.220 e. The van der Waals surface area contributed by atoms with Crippen LogP contribution in [0.4, 0.5) is 0 Å². The molecule has 0 aliphatic carbocycles. The molecule has 0 saturated carbocycles. The Balaban J connectivity index is 3.23.